The van der Waals surface area contributed by atoms with Gasteiger partial charge in [-0.1, -0.05) is 112 Å². The third kappa shape index (κ3) is 11.9. The van der Waals surface area contributed by atoms with Gasteiger partial charge < -0.3 is 29.9 Å². The van der Waals surface area contributed by atoms with E-state index in [1.807, 2.05) is 93.6 Å². The number of halogens is 1. The first-order valence-corrected chi connectivity index (χ1v) is 20.8. The van der Waals surface area contributed by atoms with E-state index in [1.165, 1.54) is 17.0 Å². The molecule has 6 rings (SSSR count). The van der Waals surface area contributed by atoms with Crippen molar-refractivity contribution >= 4 is 34.8 Å². The Kier molecular flexibility index (Phi) is 16.4. The zero-order valence-electron chi connectivity index (χ0n) is 35.6. The van der Waals surface area contributed by atoms with Crippen molar-refractivity contribution in [2.45, 2.75) is 97.6 Å². The third-order valence-electron chi connectivity index (χ3n) is 10.4. The number of aliphatic hydroxyl groups excluding tert-OH is 2. The number of carbonyl (C=O) groups is 3. The maximum Gasteiger partial charge on any atom is 0.326 e. The van der Waals surface area contributed by atoms with Gasteiger partial charge in [-0.3, -0.25) is 9.59 Å². The smallest absolute Gasteiger partial charge is 0.326 e. The predicted molar refractivity (Wildman–Crippen MR) is 237 cm³/mol. The highest BCUT2D eigenvalue weighted by Crippen LogP contribution is 2.38. The van der Waals surface area contributed by atoms with Crippen molar-refractivity contribution in [2.24, 2.45) is 5.92 Å². The number of benzene rings is 4. The molecule has 326 valence electrons. The molecular formula is C48H55FN6O7. The Morgan fingerprint density at radius 1 is 0.855 bits per heavy atom. The highest BCUT2D eigenvalue weighted by molar-refractivity contribution is 6.01. The van der Waals surface area contributed by atoms with E-state index in [4.69, 9.17) is 5.11 Å². The monoisotopic (exact) mass is 846 g/mol. The Morgan fingerprint density at radius 3 is 2.10 bits per heavy atom. The number of nitrogens with zero attached hydrogens (tertiary/aromatic N) is 5. The molecule has 2 aromatic heterocycles. The number of carbonyl (C=O) groups excluding carboxylic acids is 1. The van der Waals surface area contributed by atoms with Crippen LogP contribution in [0.4, 0.5) is 4.39 Å². The van der Waals surface area contributed by atoms with Crippen LogP contribution in [0.2, 0.25) is 0 Å². The fraction of sp³-hybridized carbons (Fsp3) is 0.333. The number of tetrazole rings is 1. The molecule has 6 aromatic rings. The quantitative estimate of drug-likeness (QED) is 0.0558. The van der Waals surface area contributed by atoms with Crippen LogP contribution in [0.5, 0.6) is 0 Å². The van der Waals surface area contributed by atoms with E-state index in [9.17, 15) is 34.1 Å². The average molecular weight is 847 g/mol. The number of aliphatic hydroxyl groups is 2. The van der Waals surface area contributed by atoms with Crippen LogP contribution in [0.3, 0.4) is 0 Å². The van der Waals surface area contributed by atoms with Gasteiger partial charge in [0.15, 0.2) is 5.82 Å². The van der Waals surface area contributed by atoms with E-state index in [0.717, 1.165) is 62.8 Å². The number of rotatable bonds is 18. The molecule has 0 aliphatic rings. The van der Waals surface area contributed by atoms with Crippen molar-refractivity contribution in [3.63, 3.8) is 0 Å². The van der Waals surface area contributed by atoms with Crippen LogP contribution in [-0.2, 0) is 20.9 Å². The molecule has 5 N–H and O–H groups in total. The van der Waals surface area contributed by atoms with Crippen LogP contribution in [0.15, 0.2) is 103 Å². The minimum absolute atomic E-state index is 0.0728. The molecule has 14 heteroatoms. The Balaban J connectivity index is 0.000000235. The van der Waals surface area contributed by atoms with Gasteiger partial charge in [-0.25, -0.2) is 14.3 Å². The summed E-state index contributed by atoms with van der Waals surface area (Å²) < 4.78 is 15.6. The molecule has 62 heavy (non-hydrogen) atoms. The fourth-order valence-electron chi connectivity index (χ4n) is 7.56. The molecule has 1 amide bonds. The molecule has 0 aliphatic heterocycles. The van der Waals surface area contributed by atoms with Gasteiger partial charge in [0.1, 0.15) is 11.9 Å². The van der Waals surface area contributed by atoms with Gasteiger partial charge in [0.25, 0.3) is 0 Å². The second kappa shape index (κ2) is 21.8. The van der Waals surface area contributed by atoms with Crippen molar-refractivity contribution in [3.05, 3.63) is 120 Å². The maximum absolute atomic E-state index is 13.5. The number of H-pyrrole nitrogens is 1. The molecule has 4 aromatic carbocycles. The molecule has 0 spiro atoms. The summed E-state index contributed by atoms with van der Waals surface area (Å²) in [6.07, 6.45) is 2.70. The molecule has 0 bridgehead atoms. The van der Waals surface area contributed by atoms with E-state index in [0.29, 0.717) is 12.2 Å². The summed E-state index contributed by atoms with van der Waals surface area (Å²) in [6.45, 7) is 10.1. The van der Waals surface area contributed by atoms with E-state index in [1.54, 1.807) is 24.3 Å². The molecule has 13 nitrogen and oxygen atoms in total. The standard InChI is InChI=1S/C24H26FNO4.C24H29N5O3/c1-15(2)26-21-6-4-3-5-20(21)24(16-7-9-17(25)10-8-16)22(26)12-11-18(27)13-19(28)14-23(29)30;1-4-5-10-21(30)29(22(16(2)3)24(31)32)15-17-11-13-18(14-12-17)19-8-6-7-9-20(19)23-25-27-28-26-23/h3-12,15,18-19,27-28H,13-14H2,1-2H3,(H,29,30);6-9,11-14,16,22H,4-5,10,15H2,1-3H3,(H,31,32)(H,25,26,27,28)/b12-11+;/t18-,19-;22-/m10/s1. The van der Waals surface area contributed by atoms with Crippen LogP contribution < -0.4 is 0 Å². The van der Waals surface area contributed by atoms with Gasteiger partial charge in [0, 0.05) is 53.2 Å². The number of carboxylic acid groups (broad SMARTS) is 2. The number of fused-ring (bicyclic) bond motifs is 1. The lowest BCUT2D eigenvalue weighted by molar-refractivity contribution is -0.153. The predicted octanol–water partition coefficient (Wildman–Crippen LogP) is 8.79. The first kappa shape index (κ1) is 46.6. The maximum atomic E-state index is 13.5. The van der Waals surface area contributed by atoms with E-state index in [2.05, 4.69) is 39.0 Å². The number of para-hydroxylation sites is 1. The summed E-state index contributed by atoms with van der Waals surface area (Å²) >= 11 is 0. The Hall–Kier alpha value is -6.51. The van der Waals surface area contributed by atoms with E-state index in [-0.39, 0.29) is 36.6 Å². The Labute approximate surface area is 360 Å². The second-order valence-electron chi connectivity index (χ2n) is 15.8. The number of aromatic nitrogens is 5. The Bertz CT molecular complexity index is 2430. The largest absolute Gasteiger partial charge is 0.481 e. The van der Waals surface area contributed by atoms with Crippen LogP contribution in [0, 0.1) is 11.7 Å². The fourth-order valence-corrected chi connectivity index (χ4v) is 7.56. The van der Waals surface area contributed by atoms with Crippen molar-refractivity contribution in [3.8, 4) is 33.6 Å². The normalized spacial score (nSPS) is 12.9. The van der Waals surface area contributed by atoms with Gasteiger partial charge in [-0.15, -0.1) is 5.10 Å². The summed E-state index contributed by atoms with van der Waals surface area (Å²) in [5.41, 5.74) is 7.36. The van der Waals surface area contributed by atoms with E-state index < -0.39 is 36.6 Å². The summed E-state index contributed by atoms with van der Waals surface area (Å²) in [5.74, 6) is -2.14. The molecule has 2 heterocycles. The minimum Gasteiger partial charge on any atom is -0.481 e. The van der Waals surface area contributed by atoms with Crippen molar-refractivity contribution in [1.82, 2.24) is 30.1 Å². The number of hydrogen-bond donors (Lipinski definition) is 5. The topological polar surface area (TPSA) is 195 Å². The van der Waals surface area contributed by atoms with Gasteiger partial charge in [0.05, 0.1) is 18.6 Å². The molecule has 3 atom stereocenters. The van der Waals surface area contributed by atoms with Crippen LogP contribution in [0.1, 0.15) is 84.0 Å². The molecule has 0 fully saturated rings. The lowest BCUT2D eigenvalue weighted by atomic mass is 9.97. The molecular weight excluding hydrogens is 792 g/mol. The molecule has 0 saturated heterocycles. The molecule has 0 unspecified atom stereocenters. The third-order valence-corrected chi connectivity index (χ3v) is 10.4. The van der Waals surface area contributed by atoms with Crippen molar-refractivity contribution in [1.29, 1.82) is 0 Å². The molecule has 0 radical (unpaired) electrons. The number of carboxylic acids is 2. The average Bonchev–Trinajstić information content (AvgIpc) is 3.89. The van der Waals surface area contributed by atoms with E-state index >= 15 is 0 Å². The zero-order chi connectivity index (χ0) is 44.9. The number of nitrogens with one attached hydrogen (secondary N) is 1. The first-order valence-electron chi connectivity index (χ1n) is 20.8. The Morgan fingerprint density at radius 2 is 1.50 bits per heavy atom. The summed E-state index contributed by atoms with van der Waals surface area (Å²) in [6, 6.07) is 29.1. The van der Waals surface area contributed by atoms with Gasteiger partial charge in [-0.2, -0.15) is 0 Å². The first-order chi connectivity index (χ1) is 29.7. The van der Waals surface area contributed by atoms with Gasteiger partial charge in [-0.05, 0) is 83.1 Å². The lowest BCUT2D eigenvalue weighted by Gasteiger charge is -2.32. The molecule has 0 aliphatic carbocycles. The number of aromatic amines is 1. The number of amides is 1. The zero-order valence-corrected chi connectivity index (χ0v) is 35.6. The van der Waals surface area contributed by atoms with Gasteiger partial charge >= 0.3 is 11.9 Å². The minimum atomic E-state index is -1.13. The lowest BCUT2D eigenvalue weighted by Crippen LogP contribution is -2.47. The SMILES string of the molecule is CC(C)n1c(/C=C/[C@@H](O)C[C@@H](O)CC(=O)O)c(-c2ccc(F)cc2)c2ccccc21.CCCCC(=O)N(Cc1ccc(-c2ccccc2-c2nnn[nH]2)cc1)[C@H](C(=O)O)C(C)C. The summed E-state index contributed by atoms with van der Waals surface area (Å²) in [5, 5.41) is 53.8. The highest BCUT2D eigenvalue weighted by atomic mass is 19.1. The summed E-state index contributed by atoms with van der Waals surface area (Å²) in [4.78, 5) is 37.0. The summed E-state index contributed by atoms with van der Waals surface area (Å²) in [7, 11) is 0. The second-order valence-corrected chi connectivity index (χ2v) is 15.8. The van der Waals surface area contributed by atoms with Crippen LogP contribution in [-0.4, -0.2) is 86.6 Å². The highest BCUT2D eigenvalue weighted by Gasteiger charge is 2.32. The van der Waals surface area contributed by atoms with Gasteiger partial charge in [0.2, 0.25) is 5.91 Å². The van der Waals surface area contributed by atoms with Crippen LogP contribution in [0.25, 0.3) is 50.6 Å². The van der Waals surface area contributed by atoms with Crippen LogP contribution >= 0.6 is 0 Å². The number of unbranched alkanes of at least 4 members (excludes halogenated alkanes) is 1. The number of hydrogen-bond acceptors (Lipinski definition) is 8. The van der Waals surface area contributed by atoms with Crippen molar-refractivity contribution in [2.75, 3.05) is 0 Å². The number of aliphatic carboxylic acids is 2. The van der Waals surface area contributed by atoms with Crippen molar-refractivity contribution < 1.29 is 39.2 Å². The molecule has 0 saturated carbocycles.